The first-order valence-electron chi connectivity index (χ1n) is 6.64. The molecule has 1 aromatic rings. The highest BCUT2D eigenvalue weighted by Gasteiger charge is 2.15. The molecule has 19 heavy (non-hydrogen) atoms. The molecule has 1 heterocycles. The Kier molecular flexibility index (Phi) is 6.81. The summed E-state index contributed by atoms with van der Waals surface area (Å²) < 4.78 is 4.75. The van der Waals surface area contributed by atoms with Gasteiger partial charge in [-0.05, 0) is 23.8 Å². The van der Waals surface area contributed by atoms with Crippen molar-refractivity contribution in [2.75, 3.05) is 13.7 Å². The summed E-state index contributed by atoms with van der Waals surface area (Å²) in [5, 5.41) is 5.58. The Balaban J connectivity index is 2.62. The van der Waals surface area contributed by atoms with Crippen molar-refractivity contribution in [1.82, 2.24) is 5.32 Å². The van der Waals surface area contributed by atoms with Gasteiger partial charge in [-0.1, -0.05) is 32.9 Å². The van der Waals surface area contributed by atoms with Gasteiger partial charge in [0.2, 0.25) is 0 Å². The van der Waals surface area contributed by atoms with Crippen molar-refractivity contribution in [2.45, 2.75) is 33.2 Å². The lowest BCUT2D eigenvalue weighted by Gasteiger charge is -2.20. The minimum absolute atomic E-state index is 0.235. The van der Waals surface area contributed by atoms with E-state index >= 15 is 0 Å². The van der Waals surface area contributed by atoms with Crippen LogP contribution in [0.3, 0.4) is 0 Å². The fraction of sp³-hybridized carbons (Fsp3) is 0.533. The van der Waals surface area contributed by atoms with E-state index in [0.29, 0.717) is 24.9 Å². The minimum atomic E-state index is -0.235. The summed E-state index contributed by atoms with van der Waals surface area (Å²) in [4.78, 5) is 12.8. The van der Waals surface area contributed by atoms with E-state index in [0.717, 1.165) is 5.57 Å². The van der Waals surface area contributed by atoms with Gasteiger partial charge in [0.15, 0.2) is 0 Å². The first-order valence-corrected chi connectivity index (χ1v) is 7.52. The van der Waals surface area contributed by atoms with Crippen LogP contribution in [0.4, 0.5) is 0 Å². The van der Waals surface area contributed by atoms with E-state index in [-0.39, 0.29) is 5.97 Å². The zero-order valence-electron chi connectivity index (χ0n) is 12.1. The number of esters is 1. The maximum Gasteiger partial charge on any atom is 0.333 e. The second-order valence-corrected chi connectivity index (χ2v) is 5.70. The fourth-order valence-corrected chi connectivity index (χ4v) is 2.92. The zero-order chi connectivity index (χ0) is 14.3. The van der Waals surface area contributed by atoms with E-state index in [1.165, 1.54) is 12.0 Å². The SMILES string of the molecule is CC/C(=C/CNC(c1cccs1)C(C)C)C(=O)OC. The average molecular weight is 281 g/mol. The van der Waals surface area contributed by atoms with E-state index in [1.54, 1.807) is 11.3 Å². The number of carbonyl (C=O) groups excluding carboxylic acids is 1. The van der Waals surface area contributed by atoms with Crippen molar-refractivity contribution in [3.8, 4) is 0 Å². The second-order valence-electron chi connectivity index (χ2n) is 4.72. The minimum Gasteiger partial charge on any atom is -0.466 e. The molecule has 1 aromatic heterocycles. The van der Waals surface area contributed by atoms with Gasteiger partial charge in [-0.2, -0.15) is 0 Å². The lowest BCUT2D eigenvalue weighted by molar-refractivity contribution is -0.136. The molecule has 0 saturated heterocycles. The van der Waals surface area contributed by atoms with Crippen LogP contribution >= 0.6 is 11.3 Å². The van der Waals surface area contributed by atoms with Gasteiger partial charge in [0.25, 0.3) is 0 Å². The number of carbonyl (C=O) groups is 1. The van der Waals surface area contributed by atoms with Gasteiger partial charge in [0.1, 0.15) is 0 Å². The zero-order valence-corrected chi connectivity index (χ0v) is 12.9. The van der Waals surface area contributed by atoms with Crippen molar-refractivity contribution in [2.24, 2.45) is 5.92 Å². The maximum absolute atomic E-state index is 11.5. The fourth-order valence-electron chi connectivity index (χ4n) is 1.95. The Labute approximate surface area is 119 Å². The molecule has 1 rings (SSSR count). The largest absolute Gasteiger partial charge is 0.466 e. The highest BCUT2D eigenvalue weighted by Crippen LogP contribution is 2.25. The number of thiophene rings is 1. The Morgan fingerprint density at radius 1 is 1.53 bits per heavy atom. The van der Waals surface area contributed by atoms with Gasteiger partial charge in [-0.3, -0.25) is 0 Å². The maximum atomic E-state index is 11.5. The highest BCUT2D eigenvalue weighted by molar-refractivity contribution is 7.10. The molecule has 0 fully saturated rings. The summed E-state index contributed by atoms with van der Waals surface area (Å²) in [5.41, 5.74) is 0.726. The summed E-state index contributed by atoms with van der Waals surface area (Å²) in [6, 6.07) is 4.54. The smallest absolute Gasteiger partial charge is 0.333 e. The van der Waals surface area contributed by atoms with Crippen LogP contribution < -0.4 is 5.32 Å². The van der Waals surface area contributed by atoms with Crippen LogP contribution in [0.25, 0.3) is 0 Å². The molecule has 0 saturated carbocycles. The molecule has 0 spiro atoms. The number of rotatable bonds is 7. The summed E-state index contributed by atoms with van der Waals surface area (Å²) in [5.74, 6) is 0.275. The molecule has 0 radical (unpaired) electrons. The average Bonchev–Trinajstić information content (AvgIpc) is 2.91. The van der Waals surface area contributed by atoms with Crippen molar-refractivity contribution in [3.05, 3.63) is 34.0 Å². The van der Waals surface area contributed by atoms with Gasteiger partial charge < -0.3 is 10.1 Å². The molecule has 0 amide bonds. The predicted molar refractivity (Wildman–Crippen MR) is 80.3 cm³/mol. The van der Waals surface area contributed by atoms with Gasteiger partial charge in [-0.25, -0.2) is 4.79 Å². The summed E-state index contributed by atoms with van der Waals surface area (Å²) in [6.07, 6.45) is 2.62. The normalized spacial score (nSPS) is 13.6. The van der Waals surface area contributed by atoms with Crippen molar-refractivity contribution in [3.63, 3.8) is 0 Å². The molecule has 0 aliphatic heterocycles. The van der Waals surface area contributed by atoms with Crippen LogP contribution in [0.5, 0.6) is 0 Å². The molecular weight excluding hydrogens is 258 g/mol. The summed E-state index contributed by atoms with van der Waals surface area (Å²) in [7, 11) is 1.42. The quantitative estimate of drug-likeness (QED) is 0.613. The summed E-state index contributed by atoms with van der Waals surface area (Å²) >= 11 is 1.76. The van der Waals surface area contributed by atoms with Crippen LogP contribution in [0, 0.1) is 5.92 Å². The number of methoxy groups -OCH3 is 1. The Hall–Kier alpha value is -1.13. The number of hydrogen-bond acceptors (Lipinski definition) is 4. The molecule has 1 atom stereocenters. The summed E-state index contributed by atoms with van der Waals surface area (Å²) in [6.45, 7) is 7.03. The monoisotopic (exact) mass is 281 g/mol. The van der Waals surface area contributed by atoms with E-state index in [4.69, 9.17) is 4.74 Å². The van der Waals surface area contributed by atoms with E-state index in [2.05, 4.69) is 36.7 Å². The Morgan fingerprint density at radius 2 is 2.26 bits per heavy atom. The molecular formula is C15H23NO2S. The van der Waals surface area contributed by atoms with Crippen LogP contribution in [0.2, 0.25) is 0 Å². The number of nitrogens with one attached hydrogen (secondary N) is 1. The molecule has 1 unspecified atom stereocenters. The van der Waals surface area contributed by atoms with Gasteiger partial charge in [0.05, 0.1) is 7.11 Å². The third-order valence-corrected chi connectivity index (χ3v) is 3.99. The molecule has 3 nitrogen and oxygen atoms in total. The van der Waals surface area contributed by atoms with Crippen LogP contribution in [0.1, 0.15) is 38.1 Å². The van der Waals surface area contributed by atoms with Gasteiger partial charge in [0, 0.05) is 23.0 Å². The number of ether oxygens (including phenoxy) is 1. The first kappa shape index (κ1) is 15.9. The first-order chi connectivity index (χ1) is 9.10. The van der Waals surface area contributed by atoms with Crippen LogP contribution in [-0.2, 0) is 9.53 Å². The molecule has 4 heteroatoms. The van der Waals surface area contributed by atoms with Crippen LogP contribution in [0.15, 0.2) is 29.2 Å². The Morgan fingerprint density at radius 3 is 2.74 bits per heavy atom. The van der Waals surface area contributed by atoms with Crippen molar-refractivity contribution < 1.29 is 9.53 Å². The molecule has 0 aromatic carbocycles. The molecule has 1 N–H and O–H groups in total. The molecule has 0 aliphatic carbocycles. The topological polar surface area (TPSA) is 38.3 Å². The highest BCUT2D eigenvalue weighted by atomic mass is 32.1. The van der Waals surface area contributed by atoms with E-state index in [1.807, 2.05) is 13.0 Å². The molecule has 106 valence electrons. The lowest BCUT2D eigenvalue weighted by Crippen LogP contribution is -2.25. The van der Waals surface area contributed by atoms with Gasteiger partial charge >= 0.3 is 5.97 Å². The van der Waals surface area contributed by atoms with E-state index < -0.39 is 0 Å². The third kappa shape index (κ3) is 4.80. The molecule has 0 bridgehead atoms. The second kappa shape index (κ2) is 8.12. The molecule has 0 aliphatic rings. The lowest BCUT2D eigenvalue weighted by atomic mass is 10.0. The van der Waals surface area contributed by atoms with Crippen molar-refractivity contribution >= 4 is 17.3 Å². The predicted octanol–water partition coefficient (Wildman–Crippen LogP) is 3.54. The third-order valence-electron chi connectivity index (χ3n) is 3.03. The van der Waals surface area contributed by atoms with Gasteiger partial charge in [-0.15, -0.1) is 11.3 Å². The van der Waals surface area contributed by atoms with Crippen molar-refractivity contribution in [1.29, 1.82) is 0 Å². The standard InChI is InChI=1S/C15H23NO2S/c1-5-12(15(17)18-4)8-9-16-14(11(2)3)13-7-6-10-19-13/h6-8,10-11,14,16H,5,9H2,1-4H3/b12-8-. The van der Waals surface area contributed by atoms with E-state index in [9.17, 15) is 4.79 Å². The number of hydrogen-bond donors (Lipinski definition) is 1. The van der Waals surface area contributed by atoms with Crippen LogP contribution in [-0.4, -0.2) is 19.6 Å². The Bertz CT molecular complexity index is 410.